The number of hydrogen-bond donors (Lipinski definition) is 1. The lowest BCUT2D eigenvalue weighted by Gasteiger charge is -2.22. The Labute approximate surface area is 127 Å². The quantitative estimate of drug-likeness (QED) is 0.900. The van der Waals surface area contributed by atoms with Crippen LogP contribution in [0.5, 0.6) is 0 Å². The molecule has 0 radical (unpaired) electrons. The molecule has 22 heavy (non-hydrogen) atoms. The Balaban J connectivity index is 2.02. The first-order valence-corrected chi connectivity index (χ1v) is 6.89. The fraction of sp³-hybridized carbons (Fsp3) is 0.235. The Morgan fingerprint density at radius 2 is 1.41 bits per heavy atom. The van der Waals surface area contributed by atoms with Crippen molar-refractivity contribution in [2.24, 2.45) is 0 Å². The highest BCUT2D eigenvalue weighted by molar-refractivity contribution is 5.79. The normalized spacial score (nSPS) is 12.7. The predicted octanol–water partition coefficient (Wildman–Crippen LogP) is 3.52. The number of hydrogen-bond acceptors (Lipinski definition) is 1. The van der Waals surface area contributed by atoms with Gasteiger partial charge in [0.2, 0.25) is 5.91 Å². The molecule has 2 aromatic rings. The first-order valence-electron chi connectivity index (χ1n) is 6.89. The van der Waals surface area contributed by atoms with Crippen molar-refractivity contribution < 1.29 is 18.0 Å². The summed E-state index contributed by atoms with van der Waals surface area (Å²) in [4.78, 5) is 11.8. The third kappa shape index (κ3) is 4.91. The van der Waals surface area contributed by atoms with Crippen LogP contribution in [0, 0.1) is 0 Å². The van der Waals surface area contributed by atoms with E-state index in [0.29, 0.717) is 11.1 Å². The monoisotopic (exact) mass is 307 g/mol. The van der Waals surface area contributed by atoms with Gasteiger partial charge in [-0.1, -0.05) is 60.7 Å². The van der Waals surface area contributed by atoms with Crippen LogP contribution in [0.4, 0.5) is 13.2 Å². The average Bonchev–Trinajstić information content (AvgIpc) is 2.48. The van der Waals surface area contributed by atoms with E-state index in [0.717, 1.165) is 0 Å². The Morgan fingerprint density at radius 1 is 0.909 bits per heavy atom. The van der Waals surface area contributed by atoms with E-state index in [1.165, 1.54) is 0 Å². The van der Waals surface area contributed by atoms with Gasteiger partial charge < -0.3 is 5.32 Å². The van der Waals surface area contributed by atoms with Gasteiger partial charge in [0.05, 0.1) is 6.42 Å². The summed E-state index contributed by atoms with van der Waals surface area (Å²) < 4.78 is 39.3. The summed E-state index contributed by atoms with van der Waals surface area (Å²) in [5.41, 5.74) is 1.21. The molecule has 1 N–H and O–H groups in total. The lowest BCUT2D eigenvalue weighted by Crippen LogP contribution is -2.47. The highest BCUT2D eigenvalue weighted by Crippen LogP contribution is 2.23. The Kier molecular flexibility index (Phi) is 5.20. The number of benzene rings is 2. The van der Waals surface area contributed by atoms with Crippen molar-refractivity contribution in [2.75, 3.05) is 0 Å². The topological polar surface area (TPSA) is 29.1 Å². The maximum atomic E-state index is 13.1. The molecule has 0 saturated carbocycles. The summed E-state index contributed by atoms with van der Waals surface area (Å²) in [6, 6.07) is 15.1. The van der Waals surface area contributed by atoms with E-state index in [1.54, 1.807) is 60.7 Å². The van der Waals surface area contributed by atoms with Crippen LogP contribution in [0.2, 0.25) is 0 Å². The van der Waals surface area contributed by atoms with Crippen LogP contribution < -0.4 is 5.32 Å². The molecule has 2 aromatic carbocycles. The molecular formula is C17H16F3NO. The van der Waals surface area contributed by atoms with Gasteiger partial charge in [0, 0.05) is 6.42 Å². The van der Waals surface area contributed by atoms with Crippen molar-refractivity contribution >= 4 is 5.91 Å². The van der Waals surface area contributed by atoms with Gasteiger partial charge in [0.1, 0.15) is 6.04 Å². The van der Waals surface area contributed by atoms with E-state index in [4.69, 9.17) is 0 Å². The zero-order valence-electron chi connectivity index (χ0n) is 11.8. The molecule has 1 atom stereocenters. The van der Waals surface area contributed by atoms with Crippen LogP contribution in [0.3, 0.4) is 0 Å². The van der Waals surface area contributed by atoms with Gasteiger partial charge >= 0.3 is 6.18 Å². The van der Waals surface area contributed by atoms with Gasteiger partial charge in [-0.05, 0) is 11.1 Å². The fourth-order valence-corrected chi connectivity index (χ4v) is 2.13. The van der Waals surface area contributed by atoms with E-state index in [2.05, 4.69) is 5.32 Å². The number of carbonyl (C=O) groups is 1. The number of nitrogens with one attached hydrogen (secondary N) is 1. The Hall–Kier alpha value is -2.30. The minimum Gasteiger partial charge on any atom is -0.344 e. The lowest BCUT2D eigenvalue weighted by atomic mass is 10.0. The summed E-state index contributed by atoms with van der Waals surface area (Å²) in [5, 5.41) is 2.09. The number of carbonyl (C=O) groups excluding carboxylic acids is 1. The van der Waals surface area contributed by atoms with E-state index in [1.807, 2.05) is 0 Å². The van der Waals surface area contributed by atoms with Crippen LogP contribution in [0.15, 0.2) is 60.7 Å². The summed E-state index contributed by atoms with van der Waals surface area (Å²) in [6.45, 7) is 0. The highest BCUT2D eigenvalue weighted by atomic mass is 19.4. The second-order valence-electron chi connectivity index (χ2n) is 5.01. The largest absolute Gasteiger partial charge is 0.408 e. The van der Waals surface area contributed by atoms with Crippen molar-refractivity contribution in [3.8, 4) is 0 Å². The highest BCUT2D eigenvalue weighted by Gasteiger charge is 2.40. The number of halogens is 3. The second-order valence-corrected chi connectivity index (χ2v) is 5.01. The van der Waals surface area contributed by atoms with Gasteiger partial charge in [0.15, 0.2) is 0 Å². The van der Waals surface area contributed by atoms with Gasteiger partial charge in [-0.15, -0.1) is 0 Å². The number of rotatable bonds is 5. The van der Waals surface area contributed by atoms with Crippen molar-refractivity contribution in [1.82, 2.24) is 5.32 Å². The van der Waals surface area contributed by atoms with Crippen molar-refractivity contribution in [3.63, 3.8) is 0 Å². The summed E-state index contributed by atoms with van der Waals surface area (Å²) in [7, 11) is 0. The van der Waals surface area contributed by atoms with Gasteiger partial charge in [-0.25, -0.2) is 0 Å². The van der Waals surface area contributed by atoms with E-state index in [-0.39, 0.29) is 12.8 Å². The molecule has 0 fully saturated rings. The molecule has 0 aliphatic rings. The Morgan fingerprint density at radius 3 is 1.91 bits per heavy atom. The summed E-state index contributed by atoms with van der Waals surface area (Å²) >= 11 is 0. The maximum absolute atomic E-state index is 13.1. The molecule has 1 amide bonds. The summed E-state index contributed by atoms with van der Waals surface area (Å²) in [6.07, 6.45) is -4.82. The molecule has 2 nitrogen and oxygen atoms in total. The van der Waals surface area contributed by atoms with Crippen molar-refractivity contribution in [1.29, 1.82) is 0 Å². The molecule has 0 spiro atoms. The molecule has 0 bridgehead atoms. The first-order chi connectivity index (χ1) is 10.4. The molecule has 0 aliphatic heterocycles. The van der Waals surface area contributed by atoms with Crippen LogP contribution in [0.1, 0.15) is 11.1 Å². The summed E-state index contributed by atoms with van der Waals surface area (Å²) in [5.74, 6) is -0.635. The van der Waals surface area contributed by atoms with Crippen molar-refractivity contribution in [3.05, 3.63) is 71.8 Å². The molecule has 5 heteroatoms. The van der Waals surface area contributed by atoms with E-state index >= 15 is 0 Å². The van der Waals surface area contributed by atoms with Crippen LogP contribution in [-0.4, -0.2) is 18.1 Å². The smallest absolute Gasteiger partial charge is 0.344 e. The predicted molar refractivity (Wildman–Crippen MR) is 78.3 cm³/mol. The lowest BCUT2D eigenvalue weighted by molar-refractivity contribution is -0.161. The SMILES string of the molecule is O=C(Cc1ccccc1)N[C@H](Cc1ccccc1)C(F)(F)F. The maximum Gasteiger partial charge on any atom is 0.408 e. The number of alkyl halides is 3. The zero-order chi connectivity index (χ0) is 16.0. The second kappa shape index (κ2) is 7.11. The van der Waals surface area contributed by atoms with Crippen molar-refractivity contribution in [2.45, 2.75) is 25.1 Å². The standard InChI is InChI=1S/C17H16F3NO/c18-17(19,20)15(11-13-7-3-1-4-8-13)21-16(22)12-14-9-5-2-6-10-14/h1-10,15H,11-12H2,(H,21,22)/t15-/m1/s1. The third-order valence-electron chi connectivity index (χ3n) is 3.22. The van der Waals surface area contributed by atoms with Gasteiger partial charge in [-0.3, -0.25) is 4.79 Å². The Bertz CT molecular complexity index is 596. The molecule has 0 aliphatic carbocycles. The zero-order valence-corrected chi connectivity index (χ0v) is 11.8. The average molecular weight is 307 g/mol. The van der Waals surface area contributed by atoms with Crippen LogP contribution >= 0.6 is 0 Å². The van der Waals surface area contributed by atoms with Gasteiger partial charge in [0.25, 0.3) is 0 Å². The van der Waals surface area contributed by atoms with Crippen LogP contribution in [-0.2, 0) is 17.6 Å². The fourth-order valence-electron chi connectivity index (χ4n) is 2.13. The van der Waals surface area contributed by atoms with Crippen LogP contribution in [0.25, 0.3) is 0 Å². The van der Waals surface area contributed by atoms with Gasteiger partial charge in [-0.2, -0.15) is 13.2 Å². The molecule has 0 aromatic heterocycles. The molecular weight excluding hydrogens is 291 g/mol. The molecule has 0 saturated heterocycles. The molecule has 0 unspecified atom stereocenters. The minimum atomic E-state index is -4.48. The molecule has 116 valence electrons. The molecule has 2 rings (SSSR count). The van der Waals surface area contributed by atoms with E-state index in [9.17, 15) is 18.0 Å². The molecule has 0 heterocycles. The minimum absolute atomic E-state index is 0.0673. The third-order valence-corrected chi connectivity index (χ3v) is 3.22. The van der Waals surface area contributed by atoms with E-state index < -0.39 is 18.1 Å². The first kappa shape index (κ1) is 16.1. The number of amides is 1.